The van der Waals surface area contributed by atoms with Gasteiger partial charge in [-0.25, -0.2) is 0 Å². The van der Waals surface area contributed by atoms with Gasteiger partial charge in [-0.2, -0.15) is 0 Å². The van der Waals surface area contributed by atoms with Gasteiger partial charge in [0.2, 0.25) is 0 Å². The zero-order valence-corrected chi connectivity index (χ0v) is 19.0. The van der Waals surface area contributed by atoms with Crippen LogP contribution in [-0.4, -0.2) is 20.6 Å². The van der Waals surface area contributed by atoms with Crippen LogP contribution in [0.3, 0.4) is 0 Å². The molecular formula is C26H33N3S. The van der Waals surface area contributed by atoms with Crippen LogP contribution in [0.1, 0.15) is 56.6 Å². The third kappa shape index (κ3) is 4.70. The van der Waals surface area contributed by atoms with Gasteiger partial charge in [0.1, 0.15) is 0 Å². The number of para-hydroxylation sites is 1. The zero-order chi connectivity index (χ0) is 20.9. The second kappa shape index (κ2) is 9.65. The SMILES string of the molecule is CCc1cccc(NC(=S)N(Cc2cn(C)c3ccccc23)C2CCCCCC2)c1. The van der Waals surface area contributed by atoms with Gasteiger partial charge in [0, 0.05) is 42.4 Å². The number of rotatable bonds is 5. The molecule has 3 nitrogen and oxygen atoms in total. The molecule has 3 aromatic rings. The van der Waals surface area contributed by atoms with Crippen molar-refractivity contribution in [3.8, 4) is 0 Å². The summed E-state index contributed by atoms with van der Waals surface area (Å²) in [5.41, 5.74) is 5.06. The minimum Gasteiger partial charge on any atom is -0.350 e. The number of nitrogens with one attached hydrogen (secondary N) is 1. The molecule has 1 heterocycles. The molecule has 0 unspecified atom stereocenters. The van der Waals surface area contributed by atoms with Crippen LogP contribution in [0.4, 0.5) is 5.69 Å². The summed E-state index contributed by atoms with van der Waals surface area (Å²) in [5.74, 6) is 0. The van der Waals surface area contributed by atoms with Gasteiger partial charge in [0.05, 0.1) is 0 Å². The summed E-state index contributed by atoms with van der Waals surface area (Å²) in [5, 5.41) is 5.74. The quantitative estimate of drug-likeness (QED) is 0.369. The van der Waals surface area contributed by atoms with Gasteiger partial charge in [0.25, 0.3) is 0 Å². The molecular weight excluding hydrogens is 386 g/mol. The minimum absolute atomic E-state index is 0.501. The Balaban J connectivity index is 1.62. The van der Waals surface area contributed by atoms with E-state index in [4.69, 9.17) is 12.2 Å². The molecule has 1 aliphatic carbocycles. The molecule has 1 N–H and O–H groups in total. The first-order chi connectivity index (χ1) is 14.7. The van der Waals surface area contributed by atoms with E-state index in [1.165, 1.54) is 60.6 Å². The maximum atomic E-state index is 6.00. The van der Waals surface area contributed by atoms with Gasteiger partial charge in [-0.05, 0) is 60.8 Å². The molecule has 0 saturated heterocycles. The van der Waals surface area contributed by atoms with Crippen molar-refractivity contribution in [1.82, 2.24) is 9.47 Å². The minimum atomic E-state index is 0.501. The Kier molecular flexibility index (Phi) is 6.73. The first-order valence-electron chi connectivity index (χ1n) is 11.3. The van der Waals surface area contributed by atoms with Gasteiger partial charge >= 0.3 is 0 Å². The summed E-state index contributed by atoms with van der Waals surface area (Å²) in [4.78, 5) is 2.46. The molecule has 1 aromatic heterocycles. The van der Waals surface area contributed by atoms with Crippen LogP contribution in [0, 0.1) is 0 Å². The van der Waals surface area contributed by atoms with E-state index < -0.39 is 0 Å². The van der Waals surface area contributed by atoms with Gasteiger partial charge < -0.3 is 14.8 Å². The summed E-state index contributed by atoms with van der Waals surface area (Å²) in [7, 11) is 2.13. The number of thiocarbonyl (C=S) groups is 1. The third-order valence-electron chi connectivity index (χ3n) is 6.43. The highest BCUT2D eigenvalue weighted by Gasteiger charge is 2.24. The van der Waals surface area contributed by atoms with Crippen molar-refractivity contribution in [2.24, 2.45) is 7.05 Å². The maximum Gasteiger partial charge on any atom is 0.173 e. The first kappa shape index (κ1) is 20.9. The number of hydrogen-bond donors (Lipinski definition) is 1. The fraction of sp³-hybridized carbons (Fsp3) is 0.423. The standard InChI is InChI=1S/C26H33N3S/c1-3-20-11-10-12-22(17-20)27-26(30)29(23-13-6-4-5-7-14-23)19-21-18-28(2)25-16-9-8-15-24(21)25/h8-12,15-18,23H,3-7,13-14,19H2,1-2H3,(H,27,30). The van der Waals surface area contributed by atoms with E-state index in [1.807, 2.05) is 0 Å². The molecule has 2 aromatic carbocycles. The molecule has 1 aliphatic rings. The molecule has 1 fully saturated rings. The van der Waals surface area contributed by atoms with E-state index in [0.717, 1.165) is 23.8 Å². The van der Waals surface area contributed by atoms with Gasteiger partial charge in [-0.3, -0.25) is 0 Å². The van der Waals surface area contributed by atoms with Gasteiger partial charge in [-0.15, -0.1) is 0 Å². The molecule has 30 heavy (non-hydrogen) atoms. The van der Waals surface area contributed by atoms with Crippen LogP contribution in [-0.2, 0) is 20.0 Å². The fourth-order valence-electron chi connectivity index (χ4n) is 4.74. The molecule has 0 atom stereocenters. The van der Waals surface area contributed by atoms with E-state index in [0.29, 0.717) is 6.04 Å². The number of aryl methyl sites for hydroxylation is 2. The van der Waals surface area contributed by atoms with Crippen molar-refractivity contribution >= 4 is 33.9 Å². The van der Waals surface area contributed by atoms with Crippen LogP contribution < -0.4 is 5.32 Å². The average Bonchev–Trinajstić information content (AvgIpc) is 2.93. The molecule has 0 bridgehead atoms. The third-order valence-corrected chi connectivity index (χ3v) is 6.77. The number of hydrogen-bond acceptors (Lipinski definition) is 1. The maximum absolute atomic E-state index is 6.00. The van der Waals surface area contributed by atoms with Crippen molar-refractivity contribution in [1.29, 1.82) is 0 Å². The Morgan fingerprint density at radius 1 is 1.07 bits per heavy atom. The fourth-order valence-corrected chi connectivity index (χ4v) is 5.07. The van der Waals surface area contributed by atoms with E-state index in [2.05, 4.69) is 83.5 Å². The Morgan fingerprint density at radius 2 is 1.83 bits per heavy atom. The van der Waals surface area contributed by atoms with Crippen LogP contribution in [0.15, 0.2) is 54.7 Å². The van der Waals surface area contributed by atoms with Gasteiger partial charge in [-0.1, -0.05) is 62.9 Å². The molecule has 0 radical (unpaired) electrons. The van der Waals surface area contributed by atoms with E-state index in [9.17, 15) is 0 Å². The largest absolute Gasteiger partial charge is 0.350 e. The van der Waals surface area contributed by atoms with Crippen molar-refractivity contribution in [3.05, 3.63) is 65.9 Å². The van der Waals surface area contributed by atoms with Crippen molar-refractivity contribution < 1.29 is 0 Å². The van der Waals surface area contributed by atoms with Crippen LogP contribution in [0.25, 0.3) is 10.9 Å². The number of fused-ring (bicyclic) bond motifs is 1. The molecule has 0 aliphatic heterocycles. The van der Waals surface area contributed by atoms with Crippen LogP contribution in [0.5, 0.6) is 0 Å². The summed E-state index contributed by atoms with van der Waals surface area (Å²) in [6.07, 6.45) is 11.0. The molecule has 4 rings (SSSR count). The molecule has 158 valence electrons. The molecule has 4 heteroatoms. The number of aromatic nitrogens is 1. The molecule has 1 saturated carbocycles. The highest BCUT2D eigenvalue weighted by atomic mass is 32.1. The summed E-state index contributed by atoms with van der Waals surface area (Å²) in [6.45, 7) is 3.04. The lowest BCUT2D eigenvalue weighted by molar-refractivity contribution is 0.281. The molecule has 0 spiro atoms. The molecule has 0 amide bonds. The Bertz CT molecular complexity index is 998. The topological polar surface area (TPSA) is 20.2 Å². The van der Waals surface area contributed by atoms with E-state index in [-0.39, 0.29) is 0 Å². The first-order valence-corrected chi connectivity index (χ1v) is 11.8. The second-order valence-corrected chi connectivity index (χ2v) is 8.93. The highest BCUT2D eigenvalue weighted by molar-refractivity contribution is 7.80. The predicted octanol–water partition coefficient (Wildman–Crippen LogP) is 6.66. The highest BCUT2D eigenvalue weighted by Crippen LogP contribution is 2.28. The monoisotopic (exact) mass is 419 g/mol. The van der Waals surface area contributed by atoms with Crippen molar-refractivity contribution in [3.63, 3.8) is 0 Å². The van der Waals surface area contributed by atoms with E-state index in [1.54, 1.807) is 0 Å². The second-order valence-electron chi connectivity index (χ2n) is 8.54. The Hall–Kier alpha value is -2.33. The summed E-state index contributed by atoms with van der Waals surface area (Å²) < 4.78 is 2.23. The summed E-state index contributed by atoms with van der Waals surface area (Å²) >= 11 is 6.00. The van der Waals surface area contributed by atoms with Crippen molar-refractivity contribution in [2.45, 2.75) is 64.5 Å². The number of benzene rings is 2. The van der Waals surface area contributed by atoms with Crippen molar-refractivity contribution in [2.75, 3.05) is 5.32 Å². The summed E-state index contributed by atoms with van der Waals surface area (Å²) in [6, 6.07) is 17.8. The van der Waals surface area contributed by atoms with Gasteiger partial charge in [0.15, 0.2) is 5.11 Å². The van der Waals surface area contributed by atoms with Crippen LogP contribution in [0.2, 0.25) is 0 Å². The lowest BCUT2D eigenvalue weighted by atomic mass is 10.1. The number of nitrogens with zero attached hydrogens (tertiary/aromatic N) is 2. The lowest BCUT2D eigenvalue weighted by Crippen LogP contribution is -2.42. The van der Waals surface area contributed by atoms with E-state index >= 15 is 0 Å². The number of anilines is 1. The zero-order valence-electron chi connectivity index (χ0n) is 18.2. The van der Waals surface area contributed by atoms with Crippen LogP contribution >= 0.6 is 12.2 Å². The average molecular weight is 420 g/mol. The Labute approximate surface area is 186 Å². The smallest absolute Gasteiger partial charge is 0.173 e. The Morgan fingerprint density at radius 3 is 2.60 bits per heavy atom. The lowest BCUT2D eigenvalue weighted by Gasteiger charge is -2.34. The normalized spacial score (nSPS) is 15.1. The predicted molar refractivity (Wildman–Crippen MR) is 132 cm³/mol.